The number of primary amides is 1. The molecule has 1 aromatic carbocycles. The molecule has 0 bridgehead atoms. The van der Waals surface area contributed by atoms with E-state index in [-0.39, 0.29) is 16.3 Å². The summed E-state index contributed by atoms with van der Waals surface area (Å²) >= 11 is 6.09. The second-order valence-corrected chi connectivity index (χ2v) is 5.92. The van der Waals surface area contributed by atoms with Crippen molar-refractivity contribution in [1.82, 2.24) is 14.5 Å². The maximum atomic E-state index is 13.1. The van der Waals surface area contributed by atoms with Crippen LogP contribution >= 0.6 is 11.6 Å². The molecule has 0 aliphatic rings. The van der Waals surface area contributed by atoms with E-state index in [1.165, 1.54) is 18.5 Å². The highest BCUT2D eigenvalue weighted by Crippen LogP contribution is 2.37. The maximum absolute atomic E-state index is 13.1. The number of anilines is 1. The first-order chi connectivity index (χ1) is 12.7. The van der Waals surface area contributed by atoms with Crippen LogP contribution in [0.5, 0.6) is 0 Å². The predicted octanol–water partition coefficient (Wildman–Crippen LogP) is 4.25. The average molecular weight is 396 g/mol. The van der Waals surface area contributed by atoms with Gasteiger partial charge in [0.2, 0.25) is 0 Å². The molecule has 2 heterocycles. The number of amides is 1. The molecule has 0 spiro atoms. The molecule has 3 rings (SSSR count). The van der Waals surface area contributed by atoms with Crippen molar-refractivity contribution < 1.29 is 18.0 Å². The normalized spacial score (nSPS) is 11.4. The first kappa shape index (κ1) is 18.7. The summed E-state index contributed by atoms with van der Waals surface area (Å²) in [6.07, 6.45) is -3.27. The Kier molecular flexibility index (Phi) is 4.79. The van der Waals surface area contributed by atoms with Gasteiger partial charge in [-0.3, -0.25) is 4.57 Å². The Balaban J connectivity index is 2.21. The molecule has 0 aliphatic carbocycles. The standard InChI is InChI=1S/C17H13ClF3N5O/c1-23-15-7-12(24-8-25-15)14-5-4-13(26(14)16(22)27)10-6-9(17(19,20)21)2-3-11(10)18/h2-8H,1H3,(H2,22,27)(H,23,24,25). The largest absolute Gasteiger partial charge is 0.416 e. The number of carbonyl (C=O) groups excluding carboxylic acids is 1. The third-order valence-electron chi connectivity index (χ3n) is 3.86. The van der Waals surface area contributed by atoms with Gasteiger partial charge in [0.25, 0.3) is 0 Å². The smallest absolute Gasteiger partial charge is 0.373 e. The number of rotatable bonds is 3. The molecule has 2 aromatic heterocycles. The van der Waals surface area contributed by atoms with E-state index in [4.69, 9.17) is 17.3 Å². The number of alkyl halides is 3. The minimum Gasteiger partial charge on any atom is -0.373 e. The van der Waals surface area contributed by atoms with Gasteiger partial charge in [-0.05, 0) is 30.3 Å². The fourth-order valence-corrected chi connectivity index (χ4v) is 2.83. The van der Waals surface area contributed by atoms with Gasteiger partial charge in [-0.1, -0.05) is 11.6 Å². The third-order valence-corrected chi connectivity index (χ3v) is 4.19. The van der Waals surface area contributed by atoms with Crippen molar-refractivity contribution in [3.05, 3.63) is 53.3 Å². The van der Waals surface area contributed by atoms with E-state index in [0.29, 0.717) is 17.2 Å². The Morgan fingerprint density at radius 1 is 1.15 bits per heavy atom. The molecule has 0 aliphatic heterocycles. The quantitative estimate of drug-likeness (QED) is 0.694. The minimum absolute atomic E-state index is 0.0273. The summed E-state index contributed by atoms with van der Waals surface area (Å²) < 4.78 is 40.2. The van der Waals surface area contributed by atoms with Crippen molar-refractivity contribution in [2.75, 3.05) is 12.4 Å². The highest BCUT2D eigenvalue weighted by molar-refractivity contribution is 6.33. The van der Waals surface area contributed by atoms with Crippen LogP contribution in [-0.2, 0) is 6.18 Å². The molecule has 27 heavy (non-hydrogen) atoms. The van der Waals surface area contributed by atoms with E-state index in [1.54, 1.807) is 13.1 Å². The second-order valence-electron chi connectivity index (χ2n) is 5.51. The summed E-state index contributed by atoms with van der Waals surface area (Å²) in [5, 5.41) is 2.88. The average Bonchev–Trinajstić information content (AvgIpc) is 3.06. The number of halogens is 4. The first-order valence-electron chi connectivity index (χ1n) is 7.61. The van der Waals surface area contributed by atoms with E-state index < -0.39 is 17.8 Å². The van der Waals surface area contributed by atoms with Gasteiger partial charge in [0.05, 0.1) is 22.6 Å². The Morgan fingerprint density at radius 2 is 1.85 bits per heavy atom. The van der Waals surface area contributed by atoms with Crippen LogP contribution in [0.2, 0.25) is 5.02 Å². The molecule has 1 amide bonds. The highest BCUT2D eigenvalue weighted by Gasteiger charge is 2.31. The van der Waals surface area contributed by atoms with Crippen LogP contribution < -0.4 is 11.1 Å². The minimum atomic E-state index is -4.55. The van der Waals surface area contributed by atoms with Crippen molar-refractivity contribution in [3.63, 3.8) is 0 Å². The van der Waals surface area contributed by atoms with Crippen molar-refractivity contribution in [1.29, 1.82) is 0 Å². The number of carbonyl (C=O) groups is 1. The Bertz CT molecular complexity index is 1020. The number of aromatic nitrogens is 3. The molecular formula is C17H13ClF3N5O. The molecule has 3 N–H and O–H groups in total. The zero-order chi connectivity index (χ0) is 19.8. The van der Waals surface area contributed by atoms with Crippen molar-refractivity contribution in [2.24, 2.45) is 5.73 Å². The number of benzene rings is 1. The van der Waals surface area contributed by atoms with Crippen LogP contribution in [0.15, 0.2) is 42.7 Å². The van der Waals surface area contributed by atoms with E-state index in [1.807, 2.05) is 0 Å². The van der Waals surface area contributed by atoms with Gasteiger partial charge >= 0.3 is 12.2 Å². The van der Waals surface area contributed by atoms with Crippen LogP contribution in [0.1, 0.15) is 5.56 Å². The van der Waals surface area contributed by atoms with Gasteiger partial charge in [0.1, 0.15) is 12.1 Å². The number of nitrogens with one attached hydrogen (secondary N) is 1. The zero-order valence-electron chi connectivity index (χ0n) is 13.9. The molecule has 3 aromatic rings. The van der Waals surface area contributed by atoms with E-state index >= 15 is 0 Å². The van der Waals surface area contributed by atoms with E-state index in [0.717, 1.165) is 22.8 Å². The number of nitrogens with zero attached hydrogens (tertiary/aromatic N) is 3. The van der Waals surface area contributed by atoms with Gasteiger partial charge in [0, 0.05) is 23.7 Å². The van der Waals surface area contributed by atoms with Crippen LogP contribution in [0.3, 0.4) is 0 Å². The topological polar surface area (TPSA) is 85.8 Å². The second kappa shape index (κ2) is 6.92. The number of hydrogen-bond donors (Lipinski definition) is 2. The van der Waals surface area contributed by atoms with Gasteiger partial charge in [0.15, 0.2) is 0 Å². The first-order valence-corrected chi connectivity index (χ1v) is 7.99. The molecule has 0 atom stereocenters. The van der Waals surface area contributed by atoms with Gasteiger partial charge in [-0.25, -0.2) is 14.8 Å². The molecular weight excluding hydrogens is 383 g/mol. The van der Waals surface area contributed by atoms with Gasteiger partial charge < -0.3 is 11.1 Å². The highest BCUT2D eigenvalue weighted by atomic mass is 35.5. The number of nitrogens with two attached hydrogens (primary N) is 1. The Labute approximate surface area is 156 Å². The van der Waals surface area contributed by atoms with E-state index in [2.05, 4.69) is 15.3 Å². The molecule has 0 fully saturated rings. The fourth-order valence-electron chi connectivity index (χ4n) is 2.62. The summed E-state index contributed by atoms with van der Waals surface area (Å²) in [5.41, 5.74) is 5.40. The summed E-state index contributed by atoms with van der Waals surface area (Å²) in [6.45, 7) is 0. The lowest BCUT2D eigenvalue weighted by atomic mass is 10.1. The van der Waals surface area contributed by atoms with Crippen molar-refractivity contribution >= 4 is 23.4 Å². The van der Waals surface area contributed by atoms with Gasteiger partial charge in [-0.2, -0.15) is 13.2 Å². The van der Waals surface area contributed by atoms with Crippen LogP contribution in [0.25, 0.3) is 22.6 Å². The molecule has 0 saturated heterocycles. The summed E-state index contributed by atoms with van der Waals surface area (Å²) in [5.74, 6) is 0.496. The monoisotopic (exact) mass is 395 g/mol. The summed E-state index contributed by atoms with van der Waals surface area (Å²) in [4.78, 5) is 20.1. The Hall–Kier alpha value is -3.07. The number of hydrogen-bond acceptors (Lipinski definition) is 4. The molecule has 140 valence electrons. The van der Waals surface area contributed by atoms with Gasteiger partial charge in [-0.15, -0.1) is 0 Å². The molecule has 0 saturated carbocycles. The molecule has 0 unspecified atom stereocenters. The van der Waals surface area contributed by atoms with Crippen LogP contribution in [0.4, 0.5) is 23.8 Å². The molecule has 10 heteroatoms. The molecule has 0 radical (unpaired) electrons. The summed E-state index contributed by atoms with van der Waals surface area (Å²) in [7, 11) is 1.66. The van der Waals surface area contributed by atoms with E-state index in [9.17, 15) is 18.0 Å². The SMILES string of the molecule is CNc1cc(-c2ccc(-c3cc(C(F)(F)F)ccc3Cl)n2C(N)=O)ncn1. The Morgan fingerprint density at radius 3 is 2.48 bits per heavy atom. The van der Waals surface area contributed by atoms with Crippen LogP contribution in [-0.4, -0.2) is 27.6 Å². The molecule has 6 nitrogen and oxygen atoms in total. The van der Waals surface area contributed by atoms with Crippen LogP contribution in [0, 0.1) is 0 Å². The fraction of sp³-hybridized carbons (Fsp3) is 0.118. The summed E-state index contributed by atoms with van der Waals surface area (Å²) in [6, 6.07) is 6.55. The maximum Gasteiger partial charge on any atom is 0.416 e. The predicted molar refractivity (Wildman–Crippen MR) is 95.4 cm³/mol. The lowest BCUT2D eigenvalue weighted by Crippen LogP contribution is -2.21. The van der Waals surface area contributed by atoms with Crippen molar-refractivity contribution in [2.45, 2.75) is 6.18 Å². The third kappa shape index (κ3) is 3.59. The van der Waals surface area contributed by atoms with Crippen molar-refractivity contribution in [3.8, 4) is 22.6 Å². The zero-order valence-corrected chi connectivity index (χ0v) is 14.6. The lowest BCUT2D eigenvalue weighted by Gasteiger charge is -2.13. The lowest BCUT2D eigenvalue weighted by molar-refractivity contribution is -0.137.